The number of hydrogen-bond donors (Lipinski definition) is 0. The molecule has 0 aliphatic carbocycles. The van der Waals surface area contributed by atoms with Gasteiger partial charge in [0.2, 0.25) is 0 Å². The average Bonchev–Trinajstić information content (AvgIpc) is 2.36. The monoisotopic (exact) mass is 205 g/mol. The molecule has 0 saturated heterocycles. The van der Waals surface area contributed by atoms with Gasteiger partial charge in [-0.1, -0.05) is 0 Å². The fourth-order valence-electron chi connectivity index (χ4n) is 0.877. The van der Waals surface area contributed by atoms with E-state index >= 15 is 0 Å². The summed E-state index contributed by atoms with van der Waals surface area (Å²) in [5.41, 5.74) is 0. The van der Waals surface area contributed by atoms with Crippen molar-refractivity contribution in [2.24, 2.45) is 10.3 Å². The topological polar surface area (TPSA) is 24.7 Å². The van der Waals surface area contributed by atoms with E-state index in [9.17, 15) is 0 Å². The maximum absolute atomic E-state index is 4.06. The molecule has 0 unspecified atom stereocenters. The molecule has 1 rings (SSSR count). The molecule has 0 bridgehead atoms. The van der Waals surface area contributed by atoms with Crippen molar-refractivity contribution >= 4 is 0 Å². The van der Waals surface area contributed by atoms with Gasteiger partial charge in [0.25, 0.3) is 0 Å². The Hall–Kier alpha value is -0.220. The molecule has 1 aliphatic heterocycles. The lowest BCUT2D eigenvalue weighted by molar-refractivity contribution is -0.883. The summed E-state index contributed by atoms with van der Waals surface area (Å²) < 4.78 is 0.667. The van der Waals surface area contributed by atoms with Crippen LogP contribution >= 0.6 is 0 Å². The summed E-state index contributed by atoms with van der Waals surface area (Å²) in [5.74, 6) is 0. The van der Waals surface area contributed by atoms with Gasteiger partial charge in [0.05, 0.1) is 0 Å². The van der Waals surface area contributed by atoms with Crippen LogP contribution in [0.1, 0.15) is 13.8 Å². The molecule has 4 heteroatoms. The first-order valence-corrected chi connectivity index (χ1v) is 3.30. The molecule has 3 nitrogen and oxygen atoms in total. The van der Waals surface area contributed by atoms with Crippen molar-refractivity contribution in [3.63, 3.8) is 0 Å². The Balaban J connectivity index is 0.000000810. The molecule has 0 aromatic carbocycles. The zero-order chi connectivity index (χ0) is 6.74. The molecule has 0 amide bonds. The minimum absolute atomic E-state index is 0. The van der Waals surface area contributed by atoms with E-state index in [-0.39, 0.29) is 17.0 Å². The summed E-state index contributed by atoms with van der Waals surface area (Å²) in [6.07, 6.45) is 3.77. The molecule has 0 radical (unpaired) electrons. The summed E-state index contributed by atoms with van der Waals surface area (Å²) in [4.78, 5) is 0. The Bertz CT molecular complexity index is 135. The molecular weight excluding hydrogens is 194 g/mol. The van der Waals surface area contributed by atoms with E-state index in [0.29, 0.717) is 4.59 Å². The Morgan fingerprint density at radius 1 is 1.30 bits per heavy atom. The van der Waals surface area contributed by atoms with Gasteiger partial charge in [-0.2, -0.15) is 4.59 Å². The molecule has 0 saturated carbocycles. The first kappa shape index (κ1) is 9.78. The normalized spacial score (nSPS) is 19.0. The average molecular weight is 206 g/mol. The van der Waals surface area contributed by atoms with Gasteiger partial charge < -0.3 is 17.0 Å². The van der Waals surface area contributed by atoms with Gasteiger partial charge in [-0.3, -0.25) is 0 Å². The van der Waals surface area contributed by atoms with Crippen LogP contribution in [0.5, 0.6) is 0 Å². The maximum atomic E-state index is 4.06. The second kappa shape index (κ2) is 3.83. The van der Waals surface area contributed by atoms with Crippen molar-refractivity contribution in [2.45, 2.75) is 13.8 Å². The fraction of sp³-hybridized carbons (Fsp3) is 0.667. The van der Waals surface area contributed by atoms with E-state index in [1.807, 2.05) is 6.20 Å². The Morgan fingerprint density at radius 2 is 1.90 bits per heavy atom. The van der Waals surface area contributed by atoms with Crippen LogP contribution in [-0.4, -0.2) is 17.7 Å². The molecule has 1 heterocycles. The van der Waals surface area contributed by atoms with Gasteiger partial charge in [-0.05, 0) is 13.8 Å². The Kier molecular flexibility index (Phi) is 3.75. The lowest BCUT2D eigenvalue weighted by atomic mass is 10.5. The van der Waals surface area contributed by atoms with Crippen LogP contribution in [0.15, 0.2) is 22.7 Å². The second-order valence-electron chi connectivity index (χ2n) is 2.12. The number of rotatable bonds is 2. The van der Waals surface area contributed by atoms with E-state index in [0.717, 1.165) is 13.1 Å². The Labute approximate surface area is 71.8 Å². The largest absolute Gasteiger partial charge is 1.00 e. The summed E-state index contributed by atoms with van der Waals surface area (Å²) in [5, 5.41) is 7.85. The third kappa shape index (κ3) is 1.64. The highest BCUT2D eigenvalue weighted by Gasteiger charge is 2.22. The standard InChI is InChI=1S/C6H12N3.BrH/c1-3-9(4-2)6-5-7-8-9;/h5-6H,3-4H2,1-2H3;1H/q+1;/p-1. The van der Waals surface area contributed by atoms with E-state index in [1.165, 1.54) is 0 Å². The smallest absolute Gasteiger partial charge is 0.144 e. The predicted octanol–water partition coefficient (Wildman–Crippen LogP) is -1.30. The van der Waals surface area contributed by atoms with Crippen LogP contribution in [0, 0.1) is 0 Å². The first-order valence-electron chi connectivity index (χ1n) is 3.30. The maximum Gasteiger partial charge on any atom is 0.144 e. The van der Waals surface area contributed by atoms with Gasteiger partial charge in [-0.15, -0.1) is 5.11 Å². The number of quaternary nitrogens is 1. The highest BCUT2D eigenvalue weighted by atomic mass is 79.9. The molecule has 1 aliphatic rings. The van der Waals surface area contributed by atoms with E-state index in [1.54, 1.807) is 6.20 Å². The molecular formula is C6H12BrN3. The molecule has 0 atom stereocenters. The number of nitrogens with zero attached hydrogens (tertiary/aromatic N) is 3. The first-order chi connectivity index (χ1) is 4.33. The fourth-order valence-corrected chi connectivity index (χ4v) is 0.877. The lowest BCUT2D eigenvalue weighted by Crippen LogP contribution is -3.00. The van der Waals surface area contributed by atoms with E-state index in [4.69, 9.17) is 0 Å². The number of halogens is 1. The van der Waals surface area contributed by atoms with Crippen LogP contribution < -0.4 is 17.0 Å². The lowest BCUT2D eigenvalue weighted by Gasteiger charge is -2.19. The number of hydrogen-bond acceptors (Lipinski definition) is 2. The molecule has 0 aromatic heterocycles. The van der Waals surface area contributed by atoms with E-state index < -0.39 is 0 Å². The highest BCUT2D eigenvalue weighted by molar-refractivity contribution is 4.72. The van der Waals surface area contributed by atoms with Crippen molar-refractivity contribution in [3.8, 4) is 0 Å². The van der Waals surface area contributed by atoms with Crippen molar-refractivity contribution < 1.29 is 21.6 Å². The van der Waals surface area contributed by atoms with Crippen molar-refractivity contribution in [2.75, 3.05) is 13.1 Å². The van der Waals surface area contributed by atoms with Gasteiger partial charge >= 0.3 is 0 Å². The quantitative estimate of drug-likeness (QED) is 0.502. The van der Waals surface area contributed by atoms with Crippen LogP contribution in [0.25, 0.3) is 0 Å². The van der Waals surface area contributed by atoms with Crippen molar-refractivity contribution in [1.29, 1.82) is 0 Å². The molecule has 0 spiro atoms. The van der Waals surface area contributed by atoms with Gasteiger partial charge in [0.1, 0.15) is 25.5 Å². The molecule has 58 valence electrons. The van der Waals surface area contributed by atoms with Crippen molar-refractivity contribution in [3.05, 3.63) is 12.4 Å². The summed E-state index contributed by atoms with van der Waals surface area (Å²) in [6, 6.07) is 0. The predicted molar refractivity (Wildman–Crippen MR) is 35.3 cm³/mol. The minimum Gasteiger partial charge on any atom is -1.00 e. The third-order valence-electron chi connectivity index (χ3n) is 1.74. The zero-order valence-corrected chi connectivity index (χ0v) is 7.87. The molecule has 10 heavy (non-hydrogen) atoms. The second-order valence-corrected chi connectivity index (χ2v) is 2.12. The summed E-state index contributed by atoms with van der Waals surface area (Å²) >= 11 is 0. The van der Waals surface area contributed by atoms with Gasteiger partial charge in [-0.25, -0.2) is 0 Å². The van der Waals surface area contributed by atoms with Crippen LogP contribution in [0.4, 0.5) is 0 Å². The zero-order valence-electron chi connectivity index (χ0n) is 6.29. The van der Waals surface area contributed by atoms with Crippen molar-refractivity contribution in [1.82, 2.24) is 0 Å². The van der Waals surface area contributed by atoms with Gasteiger partial charge in [0, 0.05) is 5.22 Å². The van der Waals surface area contributed by atoms with Gasteiger partial charge in [0.15, 0.2) is 0 Å². The third-order valence-corrected chi connectivity index (χ3v) is 1.74. The highest BCUT2D eigenvalue weighted by Crippen LogP contribution is 2.14. The SMILES string of the molecule is CC[N+]1(CC)C=CN=N1.[Br-]. The van der Waals surface area contributed by atoms with E-state index in [2.05, 4.69) is 24.2 Å². The minimum atomic E-state index is 0. The molecule has 0 aromatic rings. The summed E-state index contributed by atoms with van der Waals surface area (Å²) in [7, 11) is 0. The van der Waals surface area contributed by atoms with Crippen LogP contribution in [0.3, 0.4) is 0 Å². The molecule has 0 fully saturated rings. The van der Waals surface area contributed by atoms with Crippen LogP contribution in [0.2, 0.25) is 0 Å². The van der Waals surface area contributed by atoms with Crippen LogP contribution in [-0.2, 0) is 0 Å². The molecule has 0 N–H and O–H groups in total. The summed E-state index contributed by atoms with van der Waals surface area (Å²) in [6.45, 7) is 6.21. The Morgan fingerprint density at radius 3 is 2.10 bits per heavy atom.